The van der Waals surface area contributed by atoms with Crippen molar-refractivity contribution in [3.05, 3.63) is 0 Å². The SMILES string of the molecule is CC.CCCN1CCC(N2CCN(C)CC2)CC1. The fourth-order valence-corrected chi connectivity index (χ4v) is 3.01. The quantitative estimate of drug-likeness (QED) is 0.765. The van der Waals surface area contributed by atoms with E-state index in [0.29, 0.717) is 0 Å². The molecule has 2 heterocycles. The molecule has 0 amide bonds. The van der Waals surface area contributed by atoms with Gasteiger partial charge in [-0.2, -0.15) is 0 Å². The van der Waals surface area contributed by atoms with Crippen molar-refractivity contribution in [2.24, 2.45) is 0 Å². The molecular formula is C15H33N3. The molecule has 0 aromatic heterocycles. The van der Waals surface area contributed by atoms with Crippen LogP contribution >= 0.6 is 0 Å². The molecule has 2 aliphatic heterocycles. The Hall–Kier alpha value is -0.120. The summed E-state index contributed by atoms with van der Waals surface area (Å²) < 4.78 is 0. The van der Waals surface area contributed by atoms with Gasteiger partial charge in [0.25, 0.3) is 0 Å². The summed E-state index contributed by atoms with van der Waals surface area (Å²) in [5.41, 5.74) is 0. The van der Waals surface area contributed by atoms with Crippen LogP contribution in [-0.2, 0) is 0 Å². The van der Waals surface area contributed by atoms with E-state index in [2.05, 4.69) is 28.7 Å². The third kappa shape index (κ3) is 4.87. The van der Waals surface area contributed by atoms with Gasteiger partial charge in [-0.15, -0.1) is 0 Å². The lowest BCUT2D eigenvalue weighted by Crippen LogP contribution is -2.52. The van der Waals surface area contributed by atoms with E-state index in [1.807, 2.05) is 13.8 Å². The molecule has 2 rings (SSSR count). The van der Waals surface area contributed by atoms with E-state index in [1.54, 1.807) is 0 Å². The molecule has 18 heavy (non-hydrogen) atoms. The first kappa shape index (κ1) is 15.9. The number of nitrogens with zero attached hydrogens (tertiary/aromatic N) is 3. The third-order valence-corrected chi connectivity index (χ3v) is 4.15. The number of hydrogen-bond donors (Lipinski definition) is 0. The molecule has 3 nitrogen and oxygen atoms in total. The summed E-state index contributed by atoms with van der Waals surface area (Å²) in [6.07, 6.45) is 4.09. The summed E-state index contributed by atoms with van der Waals surface area (Å²) in [5, 5.41) is 0. The molecule has 0 aromatic rings. The van der Waals surface area contributed by atoms with Crippen molar-refractivity contribution in [3.63, 3.8) is 0 Å². The number of rotatable bonds is 3. The topological polar surface area (TPSA) is 9.72 Å². The maximum absolute atomic E-state index is 2.73. The Morgan fingerprint density at radius 1 is 0.889 bits per heavy atom. The van der Waals surface area contributed by atoms with E-state index in [9.17, 15) is 0 Å². The average Bonchev–Trinajstić information content (AvgIpc) is 2.43. The van der Waals surface area contributed by atoms with Crippen molar-refractivity contribution in [1.82, 2.24) is 14.7 Å². The highest BCUT2D eigenvalue weighted by Crippen LogP contribution is 2.17. The van der Waals surface area contributed by atoms with Crippen LogP contribution in [0.15, 0.2) is 0 Å². The van der Waals surface area contributed by atoms with Crippen molar-refractivity contribution in [3.8, 4) is 0 Å². The van der Waals surface area contributed by atoms with Crippen molar-refractivity contribution in [1.29, 1.82) is 0 Å². The number of likely N-dealkylation sites (tertiary alicyclic amines) is 1. The average molecular weight is 255 g/mol. The molecule has 3 heteroatoms. The van der Waals surface area contributed by atoms with Gasteiger partial charge in [0.1, 0.15) is 0 Å². The van der Waals surface area contributed by atoms with Gasteiger partial charge in [-0.3, -0.25) is 4.90 Å². The minimum absolute atomic E-state index is 0.877. The molecule has 2 aliphatic rings. The lowest BCUT2D eigenvalue weighted by Gasteiger charge is -2.42. The monoisotopic (exact) mass is 255 g/mol. The van der Waals surface area contributed by atoms with Gasteiger partial charge in [-0.1, -0.05) is 20.8 Å². The zero-order valence-electron chi connectivity index (χ0n) is 13.0. The predicted molar refractivity (Wildman–Crippen MR) is 80.2 cm³/mol. The minimum Gasteiger partial charge on any atom is -0.304 e. The zero-order valence-corrected chi connectivity index (χ0v) is 13.0. The van der Waals surface area contributed by atoms with Crippen LogP contribution in [0.5, 0.6) is 0 Å². The Labute approximate surface area is 114 Å². The van der Waals surface area contributed by atoms with E-state index in [0.717, 1.165) is 6.04 Å². The van der Waals surface area contributed by atoms with Crippen LogP contribution in [-0.4, -0.2) is 73.6 Å². The summed E-state index contributed by atoms with van der Waals surface area (Å²) in [6, 6.07) is 0.877. The van der Waals surface area contributed by atoms with Gasteiger partial charge >= 0.3 is 0 Å². The third-order valence-electron chi connectivity index (χ3n) is 4.15. The van der Waals surface area contributed by atoms with Gasteiger partial charge in [0.15, 0.2) is 0 Å². The van der Waals surface area contributed by atoms with E-state index >= 15 is 0 Å². The zero-order chi connectivity index (χ0) is 13.4. The van der Waals surface area contributed by atoms with Crippen LogP contribution in [0.2, 0.25) is 0 Å². The summed E-state index contributed by atoms with van der Waals surface area (Å²) in [6.45, 7) is 15.3. The molecule has 0 N–H and O–H groups in total. The van der Waals surface area contributed by atoms with E-state index in [1.165, 1.54) is 65.1 Å². The maximum Gasteiger partial charge on any atom is 0.0121 e. The number of likely N-dealkylation sites (N-methyl/N-ethyl adjacent to an activating group) is 1. The van der Waals surface area contributed by atoms with Crippen LogP contribution in [0.1, 0.15) is 40.0 Å². The largest absolute Gasteiger partial charge is 0.304 e. The van der Waals surface area contributed by atoms with Crippen LogP contribution in [0, 0.1) is 0 Å². The second kappa shape index (κ2) is 8.89. The van der Waals surface area contributed by atoms with Crippen LogP contribution in [0.3, 0.4) is 0 Å². The van der Waals surface area contributed by atoms with Gasteiger partial charge in [0, 0.05) is 32.2 Å². The Kier molecular flexibility index (Phi) is 7.87. The maximum atomic E-state index is 2.73. The summed E-state index contributed by atoms with van der Waals surface area (Å²) in [7, 11) is 2.24. The summed E-state index contributed by atoms with van der Waals surface area (Å²) in [5.74, 6) is 0. The molecule has 108 valence electrons. The Morgan fingerprint density at radius 3 is 1.94 bits per heavy atom. The van der Waals surface area contributed by atoms with Crippen LogP contribution in [0.25, 0.3) is 0 Å². The highest BCUT2D eigenvalue weighted by atomic mass is 15.3. The molecule has 2 fully saturated rings. The molecule has 0 aromatic carbocycles. The summed E-state index contributed by atoms with van der Waals surface area (Å²) in [4.78, 5) is 7.80. The van der Waals surface area contributed by atoms with Crippen molar-refractivity contribution in [2.75, 3.05) is 52.9 Å². The molecule has 0 aliphatic carbocycles. The van der Waals surface area contributed by atoms with Crippen LogP contribution in [0.4, 0.5) is 0 Å². The molecule has 0 bridgehead atoms. The number of piperidine rings is 1. The number of piperazine rings is 1. The fraction of sp³-hybridized carbons (Fsp3) is 1.00. The molecule has 0 radical (unpaired) electrons. The molecule has 2 saturated heterocycles. The second-order valence-electron chi connectivity index (χ2n) is 5.41. The van der Waals surface area contributed by atoms with Gasteiger partial charge in [0.2, 0.25) is 0 Å². The highest BCUT2D eigenvalue weighted by Gasteiger charge is 2.25. The lowest BCUT2D eigenvalue weighted by molar-refractivity contribution is 0.0678. The first-order valence-electron chi connectivity index (χ1n) is 7.94. The smallest absolute Gasteiger partial charge is 0.0121 e. The molecule has 0 spiro atoms. The number of hydrogen-bond acceptors (Lipinski definition) is 3. The first-order valence-corrected chi connectivity index (χ1v) is 7.94. The molecule has 0 atom stereocenters. The highest BCUT2D eigenvalue weighted by molar-refractivity contribution is 4.82. The first-order chi connectivity index (χ1) is 8.79. The van der Waals surface area contributed by atoms with E-state index < -0.39 is 0 Å². The lowest BCUT2D eigenvalue weighted by atomic mass is 10.0. The van der Waals surface area contributed by atoms with Gasteiger partial charge < -0.3 is 9.80 Å². The predicted octanol–water partition coefficient (Wildman–Crippen LogP) is 2.13. The molecule has 0 saturated carbocycles. The summed E-state index contributed by atoms with van der Waals surface area (Å²) >= 11 is 0. The van der Waals surface area contributed by atoms with Gasteiger partial charge in [-0.05, 0) is 45.9 Å². The van der Waals surface area contributed by atoms with Gasteiger partial charge in [-0.25, -0.2) is 0 Å². The Morgan fingerprint density at radius 2 is 1.44 bits per heavy atom. The van der Waals surface area contributed by atoms with Crippen molar-refractivity contribution >= 4 is 0 Å². The Balaban J connectivity index is 0.000000771. The normalized spacial score (nSPS) is 24.7. The fourth-order valence-electron chi connectivity index (χ4n) is 3.01. The minimum atomic E-state index is 0.877. The van der Waals surface area contributed by atoms with Crippen molar-refractivity contribution in [2.45, 2.75) is 46.1 Å². The van der Waals surface area contributed by atoms with Crippen LogP contribution < -0.4 is 0 Å². The van der Waals surface area contributed by atoms with E-state index in [4.69, 9.17) is 0 Å². The Bertz CT molecular complexity index is 192. The molecule has 0 unspecified atom stereocenters. The molecular weight excluding hydrogens is 222 g/mol. The standard InChI is InChI=1S/C13H27N3.C2H6/c1-3-6-15-7-4-13(5-8-15)16-11-9-14(2)10-12-16;1-2/h13H,3-12H2,1-2H3;1-2H3. The van der Waals surface area contributed by atoms with Gasteiger partial charge in [0.05, 0.1) is 0 Å². The van der Waals surface area contributed by atoms with Crippen molar-refractivity contribution < 1.29 is 0 Å². The second-order valence-corrected chi connectivity index (χ2v) is 5.41. The van der Waals surface area contributed by atoms with E-state index in [-0.39, 0.29) is 0 Å².